The number of para-hydroxylation sites is 1. The maximum atomic E-state index is 11.7. The van der Waals surface area contributed by atoms with Crippen LogP contribution in [0.2, 0.25) is 0 Å². The van der Waals surface area contributed by atoms with Crippen molar-refractivity contribution in [3.8, 4) is 5.69 Å². The molecule has 2 aromatic rings. The Morgan fingerprint density at radius 2 is 1.83 bits per heavy atom. The van der Waals surface area contributed by atoms with Gasteiger partial charge >= 0.3 is 6.09 Å². The number of hydrogen-bond acceptors (Lipinski definition) is 5. The van der Waals surface area contributed by atoms with Crippen LogP contribution in [0.3, 0.4) is 0 Å². The fourth-order valence-electron chi connectivity index (χ4n) is 1.58. The van der Waals surface area contributed by atoms with Gasteiger partial charge in [0.1, 0.15) is 0 Å². The van der Waals surface area contributed by atoms with Crippen LogP contribution in [0, 0.1) is 0 Å². The molecule has 0 aliphatic carbocycles. The first-order valence-electron chi connectivity index (χ1n) is 6.78. The summed E-state index contributed by atoms with van der Waals surface area (Å²) in [6.45, 7) is 2.02. The minimum atomic E-state index is -0.618. The first kappa shape index (κ1) is 17.5. The van der Waals surface area contributed by atoms with E-state index >= 15 is 0 Å². The number of nitrogens with zero attached hydrogens (tertiary/aromatic N) is 4. The molecule has 0 aliphatic heterocycles. The number of rotatable bonds is 2. The topological polar surface area (TPSA) is 59.2 Å². The quantitative estimate of drug-likeness (QED) is 0.603. The van der Waals surface area contributed by atoms with Gasteiger partial charge in [-0.15, -0.1) is 4.99 Å². The maximum absolute atomic E-state index is 11.7. The molecule has 0 radical (unpaired) electrons. The summed E-state index contributed by atoms with van der Waals surface area (Å²) in [6, 6.07) is 9.58. The average molecular weight is 369 g/mol. The molecule has 0 fully saturated rings. The summed E-state index contributed by atoms with van der Waals surface area (Å²) in [5.41, 5.74) is 0.855. The molecule has 1 amide bonds. The molecule has 0 aliphatic rings. The van der Waals surface area contributed by atoms with Crippen LogP contribution in [0.1, 0.15) is 6.92 Å². The van der Waals surface area contributed by atoms with Crippen molar-refractivity contribution in [1.82, 2.24) is 9.47 Å². The standard InChI is InChI=1S/C14H16N4O2S3/c1-4-20-14(19)16-13-18(10-8-6-5-7-9-10)12(22-23-13)15-11(21)17(2)3/h5-9H,4H2,1-3H3. The van der Waals surface area contributed by atoms with Gasteiger partial charge in [0.15, 0.2) is 5.11 Å². The number of carbonyl (C=O) groups is 1. The van der Waals surface area contributed by atoms with E-state index < -0.39 is 6.09 Å². The Bertz CT molecular complexity index is 818. The zero-order chi connectivity index (χ0) is 16.8. The highest BCUT2D eigenvalue weighted by molar-refractivity contribution is 7.80. The second kappa shape index (κ2) is 8.14. The molecule has 6 nitrogen and oxygen atoms in total. The SMILES string of the molecule is CCOC(=O)N=c1ssc(=NC(=S)N(C)C)n1-c1ccccc1. The molecule has 0 spiro atoms. The predicted molar refractivity (Wildman–Crippen MR) is 96.0 cm³/mol. The molecule has 0 saturated heterocycles. The van der Waals surface area contributed by atoms with E-state index in [1.165, 1.54) is 20.7 Å². The monoisotopic (exact) mass is 368 g/mol. The molecule has 122 valence electrons. The Hall–Kier alpha value is -1.84. The Morgan fingerprint density at radius 3 is 2.39 bits per heavy atom. The van der Waals surface area contributed by atoms with E-state index in [1.54, 1.807) is 16.4 Å². The highest BCUT2D eigenvalue weighted by atomic mass is 32.9. The van der Waals surface area contributed by atoms with E-state index in [1.807, 2.05) is 44.4 Å². The summed E-state index contributed by atoms with van der Waals surface area (Å²) in [5.74, 6) is 0. The van der Waals surface area contributed by atoms with Crippen LogP contribution in [-0.4, -0.2) is 41.4 Å². The summed E-state index contributed by atoms with van der Waals surface area (Å²) in [6.07, 6.45) is -0.618. The fraction of sp³-hybridized carbons (Fsp3) is 0.286. The van der Waals surface area contributed by atoms with Crippen LogP contribution in [0.15, 0.2) is 40.3 Å². The van der Waals surface area contributed by atoms with Crippen LogP contribution >= 0.6 is 32.9 Å². The average Bonchev–Trinajstić information content (AvgIpc) is 2.90. The lowest BCUT2D eigenvalue weighted by molar-refractivity contribution is 0.162. The second-order valence-corrected chi connectivity index (χ2v) is 6.93. The number of benzene rings is 1. The molecule has 0 atom stereocenters. The van der Waals surface area contributed by atoms with Gasteiger partial charge in [-0.05, 0) is 52.0 Å². The molecule has 9 heteroatoms. The summed E-state index contributed by atoms with van der Waals surface area (Å²) < 4.78 is 6.69. The first-order valence-corrected chi connectivity index (χ1v) is 9.34. The van der Waals surface area contributed by atoms with Crippen LogP contribution in [0.4, 0.5) is 4.79 Å². The molecule has 23 heavy (non-hydrogen) atoms. The highest BCUT2D eigenvalue weighted by Gasteiger charge is 2.08. The van der Waals surface area contributed by atoms with E-state index in [4.69, 9.17) is 17.0 Å². The minimum absolute atomic E-state index is 0.282. The number of aromatic nitrogens is 1. The third-order valence-electron chi connectivity index (χ3n) is 2.62. The number of ether oxygens (including phenoxy) is 1. The van der Waals surface area contributed by atoms with Gasteiger partial charge in [-0.25, -0.2) is 4.79 Å². The third kappa shape index (κ3) is 4.57. The predicted octanol–water partition coefficient (Wildman–Crippen LogP) is 2.40. The van der Waals surface area contributed by atoms with E-state index in [2.05, 4.69) is 9.98 Å². The molecule has 0 N–H and O–H groups in total. The largest absolute Gasteiger partial charge is 0.448 e. The first-order chi connectivity index (χ1) is 11.0. The van der Waals surface area contributed by atoms with Gasteiger partial charge in [-0.3, -0.25) is 4.57 Å². The van der Waals surface area contributed by atoms with Crippen LogP contribution < -0.4 is 9.60 Å². The van der Waals surface area contributed by atoms with Crippen molar-refractivity contribution < 1.29 is 9.53 Å². The van der Waals surface area contributed by atoms with Crippen molar-refractivity contribution in [2.45, 2.75) is 6.92 Å². The Labute approximate surface area is 146 Å². The molecule has 0 unspecified atom stereocenters. The maximum Gasteiger partial charge on any atom is 0.436 e. The molecule has 1 aromatic heterocycles. The van der Waals surface area contributed by atoms with E-state index in [0.29, 0.717) is 14.7 Å². The molecule has 2 rings (SSSR count). The van der Waals surface area contributed by atoms with Crippen LogP contribution in [0.5, 0.6) is 0 Å². The zero-order valence-corrected chi connectivity index (χ0v) is 15.4. The van der Waals surface area contributed by atoms with E-state index in [9.17, 15) is 4.79 Å². The minimum Gasteiger partial charge on any atom is -0.448 e. The van der Waals surface area contributed by atoms with Crippen LogP contribution in [0.25, 0.3) is 5.69 Å². The van der Waals surface area contributed by atoms with Gasteiger partial charge in [-0.1, -0.05) is 18.2 Å². The Morgan fingerprint density at radius 1 is 1.22 bits per heavy atom. The number of thiocarbonyl (C=S) groups is 1. The van der Waals surface area contributed by atoms with E-state index in [-0.39, 0.29) is 6.61 Å². The smallest absolute Gasteiger partial charge is 0.436 e. The Balaban J connectivity index is 2.65. The lowest BCUT2D eigenvalue weighted by Gasteiger charge is -2.08. The lowest BCUT2D eigenvalue weighted by atomic mass is 10.3. The van der Waals surface area contributed by atoms with Gasteiger partial charge in [0.05, 0.1) is 12.3 Å². The number of amides is 1. The number of carbonyl (C=O) groups excluding carboxylic acids is 1. The summed E-state index contributed by atoms with van der Waals surface area (Å²) in [4.78, 5) is 23.0. The summed E-state index contributed by atoms with van der Waals surface area (Å²) in [7, 11) is 6.41. The molecular weight excluding hydrogens is 352 g/mol. The van der Waals surface area contributed by atoms with E-state index in [0.717, 1.165) is 5.69 Å². The molecule has 1 heterocycles. The van der Waals surface area contributed by atoms with Gasteiger partial charge in [-0.2, -0.15) is 4.99 Å². The normalized spacial score (nSPS) is 12.3. The molecule has 0 saturated carbocycles. The summed E-state index contributed by atoms with van der Waals surface area (Å²) >= 11 is 5.24. The second-order valence-electron chi connectivity index (χ2n) is 4.50. The fourth-order valence-corrected chi connectivity index (χ4v) is 3.82. The van der Waals surface area contributed by atoms with Crippen molar-refractivity contribution in [3.05, 3.63) is 39.9 Å². The Kier molecular flexibility index (Phi) is 6.20. The highest BCUT2D eigenvalue weighted by Crippen LogP contribution is 2.05. The number of hydrogen-bond donors (Lipinski definition) is 0. The molecule has 1 aromatic carbocycles. The van der Waals surface area contributed by atoms with Gasteiger partial charge in [0, 0.05) is 14.1 Å². The zero-order valence-electron chi connectivity index (χ0n) is 12.9. The molecule has 0 bridgehead atoms. The van der Waals surface area contributed by atoms with Gasteiger partial charge < -0.3 is 9.64 Å². The lowest BCUT2D eigenvalue weighted by Crippen LogP contribution is -2.28. The van der Waals surface area contributed by atoms with Gasteiger partial charge in [0.2, 0.25) is 9.60 Å². The van der Waals surface area contributed by atoms with Crippen molar-refractivity contribution in [2.24, 2.45) is 9.98 Å². The van der Waals surface area contributed by atoms with Crippen LogP contribution in [-0.2, 0) is 4.74 Å². The molecular formula is C14H16N4O2S3. The summed E-state index contributed by atoms with van der Waals surface area (Å²) in [5, 5.41) is 0.450. The van der Waals surface area contributed by atoms with Crippen molar-refractivity contribution in [3.63, 3.8) is 0 Å². The van der Waals surface area contributed by atoms with Crippen molar-refractivity contribution in [1.29, 1.82) is 0 Å². The third-order valence-corrected chi connectivity index (χ3v) is 5.15. The van der Waals surface area contributed by atoms with Crippen molar-refractivity contribution >= 4 is 44.1 Å². The van der Waals surface area contributed by atoms with Gasteiger partial charge in [0.25, 0.3) is 0 Å². The van der Waals surface area contributed by atoms with Crippen molar-refractivity contribution in [2.75, 3.05) is 20.7 Å².